The highest BCUT2D eigenvalue weighted by Crippen LogP contribution is 2.16. The number of nitrogens with zero attached hydrogens (tertiary/aromatic N) is 3. The van der Waals surface area contributed by atoms with E-state index < -0.39 is 0 Å². The zero-order valence-electron chi connectivity index (χ0n) is 12.8. The molecule has 5 nitrogen and oxygen atoms in total. The highest BCUT2D eigenvalue weighted by molar-refractivity contribution is 5.77. The summed E-state index contributed by atoms with van der Waals surface area (Å²) in [6.45, 7) is 3.91. The van der Waals surface area contributed by atoms with Gasteiger partial charge in [0.25, 0.3) is 5.91 Å². The summed E-state index contributed by atoms with van der Waals surface area (Å²) in [5.41, 5.74) is 0.966. The zero-order chi connectivity index (χ0) is 15.4. The van der Waals surface area contributed by atoms with E-state index >= 15 is 0 Å². The Kier molecular flexibility index (Phi) is 4.42. The van der Waals surface area contributed by atoms with E-state index in [4.69, 9.17) is 4.74 Å². The third kappa shape index (κ3) is 3.47. The maximum absolute atomic E-state index is 12.2. The average Bonchev–Trinajstić information content (AvgIpc) is 3.02. The Balaban J connectivity index is 1.56. The number of piperidine rings is 1. The molecule has 1 saturated heterocycles. The predicted octanol–water partition coefficient (Wildman–Crippen LogP) is 2.51. The average molecular weight is 299 g/mol. The van der Waals surface area contributed by atoms with Crippen LogP contribution in [0, 0.1) is 5.92 Å². The molecule has 1 aliphatic heterocycles. The molecule has 1 aliphatic rings. The number of carbonyl (C=O) groups is 1. The van der Waals surface area contributed by atoms with Crippen molar-refractivity contribution in [2.75, 3.05) is 19.7 Å². The Hall–Kier alpha value is -2.30. The van der Waals surface area contributed by atoms with E-state index in [1.807, 2.05) is 41.4 Å². The lowest BCUT2D eigenvalue weighted by Crippen LogP contribution is -2.41. The topological polar surface area (TPSA) is 47.4 Å². The number of rotatable bonds is 4. The molecule has 3 rings (SSSR count). The molecule has 0 spiro atoms. The van der Waals surface area contributed by atoms with Crippen LogP contribution in [0.5, 0.6) is 5.88 Å². The SMILES string of the molecule is CC1CCCN(C(=O)COc2ccn(-c3ccccc3)n2)C1. The van der Waals surface area contributed by atoms with Gasteiger partial charge in [-0.1, -0.05) is 25.1 Å². The molecule has 1 unspecified atom stereocenters. The Morgan fingerprint density at radius 3 is 2.91 bits per heavy atom. The summed E-state index contributed by atoms with van der Waals surface area (Å²) in [6.07, 6.45) is 4.11. The van der Waals surface area contributed by atoms with Crippen LogP contribution in [0.3, 0.4) is 0 Å². The second-order valence-electron chi connectivity index (χ2n) is 5.81. The van der Waals surface area contributed by atoms with Gasteiger partial charge in [0, 0.05) is 25.4 Å². The zero-order valence-corrected chi connectivity index (χ0v) is 12.8. The van der Waals surface area contributed by atoms with Crippen molar-refractivity contribution in [3.63, 3.8) is 0 Å². The second-order valence-corrected chi connectivity index (χ2v) is 5.81. The first-order valence-electron chi connectivity index (χ1n) is 7.74. The second kappa shape index (κ2) is 6.64. The van der Waals surface area contributed by atoms with Gasteiger partial charge < -0.3 is 9.64 Å². The molecule has 0 saturated carbocycles. The lowest BCUT2D eigenvalue weighted by molar-refractivity contribution is -0.135. The van der Waals surface area contributed by atoms with Gasteiger partial charge in [-0.2, -0.15) is 0 Å². The Morgan fingerprint density at radius 1 is 1.32 bits per heavy atom. The molecule has 1 aromatic carbocycles. The van der Waals surface area contributed by atoms with Gasteiger partial charge in [0.05, 0.1) is 5.69 Å². The number of hydrogen-bond acceptors (Lipinski definition) is 3. The number of amides is 1. The normalized spacial score (nSPS) is 18.2. The molecule has 22 heavy (non-hydrogen) atoms. The van der Waals surface area contributed by atoms with Gasteiger partial charge >= 0.3 is 0 Å². The van der Waals surface area contributed by atoms with Crippen molar-refractivity contribution in [3.05, 3.63) is 42.6 Å². The lowest BCUT2D eigenvalue weighted by atomic mass is 10.0. The van der Waals surface area contributed by atoms with Crippen LogP contribution in [0.1, 0.15) is 19.8 Å². The molecule has 116 valence electrons. The van der Waals surface area contributed by atoms with Crippen LogP contribution >= 0.6 is 0 Å². The monoisotopic (exact) mass is 299 g/mol. The van der Waals surface area contributed by atoms with Gasteiger partial charge in [0.15, 0.2) is 6.61 Å². The summed E-state index contributed by atoms with van der Waals surface area (Å²) in [4.78, 5) is 14.1. The minimum Gasteiger partial charge on any atom is -0.466 e. The number of hydrogen-bond donors (Lipinski definition) is 0. The van der Waals surface area contributed by atoms with Crippen LogP contribution in [0.25, 0.3) is 5.69 Å². The minimum atomic E-state index is 0.0424. The maximum Gasteiger partial charge on any atom is 0.260 e. The summed E-state index contributed by atoms with van der Waals surface area (Å²) < 4.78 is 7.27. The third-order valence-corrected chi connectivity index (χ3v) is 3.94. The van der Waals surface area contributed by atoms with E-state index in [-0.39, 0.29) is 12.5 Å². The van der Waals surface area contributed by atoms with Crippen LogP contribution < -0.4 is 4.74 Å². The van der Waals surface area contributed by atoms with E-state index in [1.165, 1.54) is 6.42 Å². The molecule has 2 heterocycles. The summed E-state index contributed by atoms with van der Waals surface area (Å²) in [5.74, 6) is 1.10. The molecule has 1 aromatic heterocycles. The Bertz CT molecular complexity index is 624. The van der Waals surface area contributed by atoms with Gasteiger partial charge in [0.1, 0.15) is 0 Å². The number of para-hydroxylation sites is 1. The largest absolute Gasteiger partial charge is 0.466 e. The number of benzene rings is 1. The maximum atomic E-state index is 12.2. The molecule has 5 heteroatoms. The van der Waals surface area contributed by atoms with E-state index in [0.29, 0.717) is 11.8 Å². The molecular weight excluding hydrogens is 278 g/mol. The first-order chi connectivity index (χ1) is 10.7. The third-order valence-electron chi connectivity index (χ3n) is 3.94. The molecule has 2 aromatic rings. The summed E-state index contributed by atoms with van der Waals surface area (Å²) >= 11 is 0. The fourth-order valence-corrected chi connectivity index (χ4v) is 2.75. The number of likely N-dealkylation sites (tertiary alicyclic amines) is 1. The van der Waals surface area contributed by atoms with Gasteiger partial charge in [-0.05, 0) is 30.9 Å². The first-order valence-corrected chi connectivity index (χ1v) is 7.74. The van der Waals surface area contributed by atoms with Crippen LogP contribution in [0.2, 0.25) is 0 Å². The number of ether oxygens (including phenoxy) is 1. The molecular formula is C17H21N3O2. The first kappa shape index (κ1) is 14.6. The smallest absolute Gasteiger partial charge is 0.260 e. The molecule has 0 aliphatic carbocycles. The highest BCUT2D eigenvalue weighted by atomic mass is 16.5. The van der Waals surface area contributed by atoms with Crippen molar-refractivity contribution in [1.82, 2.24) is 14.7 Å². The Labute approximate surface area is 130 Å². The minimum absolute atomic E-state index is 0.0424. The van der Waals surface area contributed by atoms with Crippen LogP contribution in [-0.2, 0) is 4.79 Å². The molecule has 1 atom stereocenters. The van der Waals surface area contributed by atoms with E-state index in [9.17, 15) is 4.79 Å². The van der Waals surface area contributed by atoms with E-state index in [1.54, 1.807) is 10.7 Å². The summed E-state index contributed by atoms with van der Waals surface area (Å²) in [6, 6.07) is 11.6. The van der Waals surface area contributed by atoms with Crippen molar-refractivity contribution < 1.29 is 9.53 Å². The fraction of sp³-hybridized carbons (Fsp3) is 0.412. The van der Waals surface area contributed by atoms with Crippen LogP contribution in [0.15, 0.2) is 42.6 Å². The van der Waals surface area contributed by atoms with E-state index in [0.717, 1.165) is 25.2 Å². The van der Waals surface area contributed by atoms with E-state index in [2.05, 4.69) is 12.0 Å². The highest BCUT2D eigenvalue weighted by Gasteiger charge is 2.21. The van der Waals surface area contributed by atoms with Crippen LogP contribution in [-0.4, -0.2) is 40.3 Å². The molecule has 0 N–H and O–H groups in total. The fourth-order valence-electron chi connectivity index (χ4n) is 2.75. The molecule has 0 bridgehead atoms. The van der Waals surface area contributed by atoms with Gasteiger partial charge in [-0.3, -0.25) is 4.79 Å². The van der Waals surface area contributed by atoms with Gasteiger partial charge in [-0.15, -0.1) is 5.10 Å². The summed E-state index contributed by atoms with van der Waals surface area (Å²) in [5, 5.41) is 4.34. The van der Waals surface area contributed by atoms with Crippen molar-refractivity contribution in [1.29, 1.82) is 0 Å². The number of carbonyl (C=O) groups excluding carboxylic acids is 1. The Morgan fingerprint density at radius 2 is 2.14 bits per heavy atom. The van der Waals surface area contributed by atoms with Crippen molar-refractivity contribution in [2.24, 2.45) is 5.92 Å². The quantitative estimate of drug-likeness (QED) is 0.871. The van der Waals surface area contributed by atoms with Gasteiger partial charge in [-0.25, -0.2) is 4.68 Å². The standard InChI is InChI=1S/C17H21N3O2/c1-14-6-5-10-19(12-14)17(21)13-22-16-9-11-20(18-16)15-7-3-2-4-8-15/h2-4,7-9,11,14H,5-6,10,12-13H2,1H3. The van der Waals surface area contributed by atoms with Crippen molar-refractivity contribution >= 4 is 5.91 Å². The molecule has 0 radical (unpaired) electrons. The van der Waals surface area contributed by atoms with Crippen molar-refractivity contribution in [2.45, 2.75) is 19.8 Å². The molecule has 1 fully saturated rings. The number of aromatic nitrogens is 2. The summed E-state index contributed by atoms with van der Waals surface area (Å²) in [7, 11) is 0. The lowest BCUT2D eigenvalue weighted by Gasteiger charge is -2.30. The van der Waals surface area contributed by atoms with Crippen molar-refractivity contribution in [3.8, 4) is 11.6 Å². The van der Waals surface area contributed by atoms with Crippen LogP contribution in [0.4, 0.5) is 0 Å². The molecule has 1 amide bonds. The van der Waals surface area contributed by atoms with Gasteiger partial charge in [0.2, 0.25) is 5.88 Å². The predicted molar refractivity (Wildman–Crippen MR) is 84.0 cm³/mol.